The van der Waals surface area contributed by atoms with Gasteiger partial charge in [-0.05, 0) is 23.6 Å². The number of aromatic carboxylic acids is 1. The fourth-order valence-corrected chi connectivity index (χ4v) is 1.97. The fourth-order valence-electron chi connectivity index (χ4n) is 1.80. The first-order valence-corrected chi connectivity index (χ1v) is 6.53. The number of amides is 2. The summed E-state index contributed by atoms with van der Waals surface area (Å²) in [6.45, 7) is 6.58. The zero-order valence-electron chi connectivity index (χ0n) is 12.0. The molecule has 5 nitrogen and oxygen atoms in total. The number of hydrogen-bond donors (Lipinski definition) is 2. The van der Waals surface area contributed by atoms with E-state index in [1.54, 1.807) is 7.05 Å². The van der Waals surface area contributed by atoms with Crippen LogP contribution in [0.25, 0.3) is 0 Å². The number of nitrogens with zero attached hydrogens (tertiary/aromatic N) is 1. The van der Waals surface area contributed by atoms with Gasteiger partial charge in [0.05, 0.1) is 11.3 Å². The van der Waals surface area contributed by atoms with E-state index in [1.807, 2.05) is 20.8 Å². The topological polar surface area (TPSA) is 69.6 Å². The Labute approximate surface area is 123 Å². The molecule has 0 radical (unpaired) electrons. The van der Waals surface area contributed by atoms with Crippen molar-refractivity contribution in [2.45, 2.75) is 20.8 Å². The second-order valence-electron chi connectivity index (χ2n) is 5.84. The first kappa shape index (κ1) is 16.3. The third-order valence-electron chi connectivity index (χ3n) is 2.51. The van der Waals surface area contributed by atoms with Crippen molar-refractivity contribution in [2.24, 2.45) is 5.41 Å². The Hall–Kier alpha value is -1.75. The van der Waals surface area contributed by atoms with Crippen LogP contribution in [0.4, 0.5) is 10.5 Å². The van der Waals surface area contributed by atoms with Crippen LogP contribution in [0.1, 0.15) is 31.1 Å². The highest BCUT2D eigenvalue weighted by atomic mass is 35.5. The molecule has 1 rings (SSSR count). The molecule has 20 heavy (non-hydrogen) atoms. The van der Waals surface area contributed by atoms with Crippen LogP contribution in [0.5, 0.6) is 0 Å². The summed E-state index contributed by atoms with van der Waals surface area (Å²) in [5.74, 6) is -1.12. The van der Waals surface area contributed by atoms with Gasteiger partial charge in [0, 0.05) is 18.6 Å². The number of anilines is 1. The van der Waals surface area contributed by atoms with Gasteiger partial charge in [-0.15, -0.1) is 0 Å². The summed E-state index contributed by atoms with van der Waals surface area (Å²) in [7, 11) is 1.66. The van der Waals surface area contributed by atoms with Gasteiger partial charge in [0.15, 0.2) is 0 Å². The van der Waals surface area contributed by atoms with Crippen LogP contribution in [0, 0.1) is 5.41 Å². The third-order valence-corrected chi connectivity index (χ3v) is 2.75. The van der Waals surface area contributed by atoms with E-state index in [2.05, 4.69) is 5.32 Å². The van der Waals surface area contributed by atoms with Gasteiger partial charge in [-0.25, -0.2) is 9.59 Å². The summed E-state index contributed by atoms with van der Waals surface area (Å²) in [4.78, 5) is 24.7. The van der Waals surface area contributed by atoms with E-state index in [9.17, 15) is 9.59 Å². The van der Waals surface area contributed by atoms with E-state index < -0.39 is 5.97 Å². The molecule has 2 N–H and O–H groups in total. The Kier molecular flexibility index (Phi) is 5.00. The summed E-state index contributed by atoms with van der Waals surface area (Å²) < 4.78 is 0. The first-order valence-electron chi connectivity index (χ1n) is 6.15. The molecule has 0 aliphatic carbocycles. The van der Waals surface area contributed by atoms with Gasteiger partial charge < -0.3 is 15.3 Å². The molecular weight excluding hydrogens is 280 g/mol. The summed E-state index contributed by atoms with van der Waals surface area (Å²) in [6.07, 6.45) is 0. The molecule has 2 amide bonds. The zero-order valence-corrected chi connectivity index (χ0v) is 12.8. The Balaban J connectivity index is 2.90. The third kappa shape index (κ3) is 4.74. The smallest absolute Gasteiger partial charge is 0.337 e. The molecule has 0 saturated heterocycles. The van der Waals surface area contributed by atoms with Crippen LogP contribution in [0.2, 0.25) is 5.02 Å². The van der Waals surface area contributed by atoms with Crippen LogP contribution >= 0.6 is 11.6 Å². The van der Waals surface area contributed by atoms with Crippen LogP contribution < -0.4 is 5.32 Å². The van der Waals surface area contributed by atoms with Crippen molar-refractivity contribution in [1.29, 1.82) is 0 Å². The summed E-state index contributed by atoms with van der Waals surface area (Å²) >= 11 is 5.83. The second-order valence-corrected chi connectivity index (χ2v) is 6.28. The minimum Gasteiger partial charge on any atom is -0.478 e. The maximum Gasteiger partial charge on any atom is 0.337 e. The number of nitrogens with one attached hydrogen (secondary N) is 1. The van der Waals surface area contributed by atoms with E-state index in [-0.39, 0.29) is 22.7 Å². The van der Waals surface area contributed by atoms with Gasteiger partial charge in [0.2, 0.25) is 0 Å². The lowest BCUT2D eigenvalue weighted by atomic mass is 9.96. The lowest BCUT2D eigenvalue weighted by Gasteiger charge is -2.27. The lowest BCUT2D eigenvalue weighted by molar-refractivity contribution is 0.0698. The summed E-state index contributed by atoms with van der Waals surface area (Å²) in [5, 5.41) is 12.0. The quantitative estimate of drug-likeness (QED) is 0.896. The monoisotopic (exact) mass is 298 g/mol. The van der Waals surface area contributed by atoms with Crippen LogP contribution in [0.3, 0.4) is 0 Å². The lowest BCUT2D eigenvalue weighted by Crippen LogP contribution is -2.37. The largest absolute Gasteiger partial charge is 0.478 e. The maximum absolute atomic E-state index is 12.1. The normalized spacial score (nSPS) is 11.1. The molecular formula is C14H19ClN2O3. The number of rotatable bonds is 3. The van der Waals surface area contributed by atoms with Gasteiger partial charge in [-0.2, -0.15) is 0 Å². The van der Waals surface area contributed by atoms with Crippen molar-refractivity contribution in [3.63, 3.8) is 0 Å². The molecule has 0 bridgehead atoms. The molecule has 110 valence electrons. The summed E-state index contributed by atoms with van der Waals surface area (Å²) in [6, 6.07) is 3.89. The van der Waals surface area contributed by atoms with Crippen LogP contribution in [-0.4, -0.2) is 35.6 Å². The molecule has 0 aromatic heterocycles. The number of carboxylic acids is 1. The van der Waals surface area contributed by atoms with Crippen molar-refractivity contribution >= 4 is 29.3 Å². The van der Waals surface area contributed by atoms with Gasteiger partial charge in [-0.1, -0.05) is 32.4 Å². The zero-order chi connectivity index (χ0) is 15.5. The summed E-state index contributed by atoms with van der Waals surface area (Å²) in [5.41, 5.74) is 0.151. The van der Waals surface area contributed by atoms with Crippen molar-refractivity contribution in [3.05, 3.63) is 28.8 Å². The Morgan fingerprint density at radius 3 is 2.45 bits per heavy atom. The molecule has 0 unspecified atom stereocenters. The molecule has 0 heterocycles. The SMILES string of the molecule is CN(CC(C)(C)C)C(=O)Nc1cc(Cl)ccc1C(=O)O. The van der Waals surface area contributed by atoms with Gasteiger partial charge in [0.25, 0.3) is 0 Å². The van der Waals surface area contributed by atoms with E-state index >= 15 is 0 Å². The van der Waals surface area contributed by atoms with Gasteiger partial charge >= 0.3 is 12.0 Å². The fraction of sp³-hybridized carbons (Fsp3) is 0.429. The van der Waals surface area contributed by atoms with E-state index in [0.717, 1.165) is 0 Å². The van der Waals surface area contributed by atoms with E-state index in [4.69, 9.17) is 16.7 Å². The second kappa shape index (κ2) is 6.13. The molecule has 1 aromatic carbocycles. The van der Waals surface area contributed by atoms with E-state index in [1.165, 1.54) is 23.1 Å². The molecule has 0 atom stereocenters. The molecule has 6 heteroatoms. The Bertz CT molecular complexity index is 524. The maximum atomic E-state index is 12.1. The number of hydrogen-bond acceptors (Lipinski definition) is 2. The predicted molar refractivity (Wildman–Crippen MR) is 79.5 cm³/mol. The number of halogens is 1. The number of benzene rings is 1. The highest BCUT2D eigenvalue weighted by Gasteiger charge is 2.19. The van der Waals surface area contributed by atoms with Crippen molar-refractivity contribution in [1.82, 2.24) is 4.90 Å². The molecule has 0 aliphatic rings. The standard InChI is InChI=1S/C14H19ClN2O3/c1-14(2,3)8-17(4)13(20)16-11-7-9(15)5-6-10(11)12(18)19/h5-7H,8H2,1-4H3,(H,16,20)(H,18,19). The highest BCUT2D eigenvalue weighted by molar-refractivity contribution is 6.31. The first-order chi connectivity index (χ1) is 9.10. The molecule has 0 saturated carbocycles. The Morgan fingerprint density at radius 2 is 1.95 bits per heavy atom. The van der Waals surface area contributed by atoms with E-state index in [0.29, 0.717) is 11.6 Å². The van der Waals surface area contributed by atoms with Gasteiger partial charge in [-0.3, -0.25) is 0 Å². The minimum absolute atomic E-state index is 0.00640. The molecule has 0 spiro atoms. The van der Waals surface area contributed by atoms with Gasteiger partial charge in [0.1, 0.15) is 0 Å². The Morgan fingerprint density at radius 1 is 1.35 bits per heavy atom. The average molecular weight is 299 g/mol. The number of carbonyl (C=O) groups is 2. The average Bonchev–Trinajstić information content (AvgIpc) is 2.26. The van der Waals surface area contributed by atoms with Crippen molar-refractivity contribution < 1.29 is 14.7 Å². The molecule has 0 aliphatic heterocycles. The van der Waals surface area contributed by atoms with Crippen LogP contribution in [-0.2, 0) is 0 Å². The van der Waals surface area contributed by atoms with Crippen molar-refractivity contribution in [2.75, 3.05) is 18.9 Å². The number of carbonyl (C=O) groups excluding carboxylic acids is 1. The molecule has 0 fully saturated rings. The molecule has 1 aromatic rings. The predicted octanol–water partition coefficient (Wildman–Crippen LogP) is 3.55. The minimum atomic E-state index is -1.12. The van der Waals surface area contributed by atoms with Crippen molar-refractivity contribution in [3.8, 4) is 0 Å². The highest BCUT2D eigenvalue weighted by Crippen LogP contribution is 2.22. The number of carboxylic acid groups (broad SMARTS) is 1. The van der Waals surface area contributed by atoms with Crippen LogP contribution in [0.15, 0.2) is 18.2 Å². The number of urea groups is 1.